The summed E-state index contributed by atoms with van der Waals surface area (Å²) >= 11 is 5.33. The molecule has 1 N–H and O–H groups in total. The zero-order valence-electron chi connectivity index (χ0n) is 9.17. The van der Waals surface area contributed by atoms with Crippen molar-refractivity contribution >= 4 is 17.5 Å². The van der Waals surface area contributed by atoms with Crippen LogP contribution < -0.4 is 5.32 Å². The van der Waals surface area contributed by atoms with Gasteiger partial charge in [0, 0.05) is 0 Å². The van der Waals surface area contributed by atoms with Crippen molar-refractivity contribution in [3.63, 3.8) is 0 Å². The second kappa shape index (κ2) is 4.25. The minimum absolute atomic E-state index is 0.113. The van der Waals surface area contributed by atoms with E-state index >= 15 is 0 Å². The SMILES string of the molecule is CC1(C)COC(C)(CNC(=O)CCl)N1[O]. The molecule has 6 heteroatoms. The van der Waals surface area contributed by atoms with E-state index in [4.69, 9.17) is 16.3 Å². The number of hydroxylamine groups is 2. The Hall–Kier alpha value is -0.360. The summed E-state index contributed by atoms with van der Waals surface area (Å²) in [5.74, 6) is -0.419. The Morgan fingerprint density at radius 3 is 2.53 bits per heavy atom. The number of carbonyl (C=O) groups is 1. The van der Waals surface area contributed by atoms with Crippen molar-refractivity contribution < 1.29 is 14.7 Å². The van der Waals surface area contributed by atoms with Crippen LogP contribution >= 0.6 is 11.6 Å². The van der Waals surface area contributed by atoms with Crippen molar-refractivity contribution in [2.45, 2.75) is 32.0 Å². The summed E-state index contributed by atoms with van der Waals surface area (Å²) in [5.41, 5.74) is -1.55. The lowest BCUT2D eigenvalue weighted by Gasteiger charge is -2.32. The quantitative estimate of drug-likeness (QED) is 0.726. The lowest BCUT2D eigenvalue weighted by molar-refractivity contribution is -0.281. The predicted molar refractivity (Wildman–Crippen MR) is 54.7 cm³/mol. The van der Waals surface area contributed by atoms with Crippen LogP contribution in [0.2, 0.25) is 0 Å². The molecule has 1 fully saturated rings. The molecule has 0 aromatic carbocycles. The van der Waals surface area contributed by atoms with Gasteiger partial charge in [-0.15, -0.1) is 21.9 Å². The smallest absolute Gasteiger partial charge is 0.235 e. The van der Waals surface area contributed by atoms with E-state index in [2.05, 4.69) is 5.32 Å². The van der Waals surface area contributed by atoms with Crippen LogP contribution in [0.5, 0.6) is 0 Å². The molecule has 1 rings (SSSR count). The Bertz CT molecular complexity index is 260. The minimum atomic E-state index is -0.995. The standard InChI is InChI=1S/C9H16ClN2O3/c1-8(2)6-15-9(3,12(8)14)5-11-7(13)4-10/h4-6H2,1-3H3,(H,11,13). The van der Waals surface area contributed by atoms with E-state index in [9.17, 15) is 10.0 Å². The van der Waals surface area contributed by atoms with Crippen molar-refractivity contribution in [1.29, 1.82) is 0 Å². The molecule has 0 aromatic rings. The van der Waals surface area contributed by atoms with E-state index in [1.165, 1.54) is 0 Å². The first kappa shape index (κ1) is 12.7. The summed E-state index contributed by atoms with van der Waals surface area (Å²) in [6, 6.07) is 0. The summed E-state index contributed by atoms with van der Waals surface area (Å²) in [7, 11) is 0. The van der Waals surface area contributed by atoms with Crippen molar-refractivity contribution in [2.24, 2.45) is 0 Å². The summed E-state index contributed by atoms with van der Waals surface area (Å²) in [5, 5.41) is 15.3. The first-order valence-corrected chi connectivity index (χ1v) is 5.29. The van der Waals surface area contributed by atoms with Crippen LogP contribution in [0.3, 0.4) is 0 Å². The third-order valence-electron chi connectivity index (χ3n) is 2.45. The molecule has 15 heavy (non-hydrogen) atoms. The van der Waals surface area contributed by atoms with Crippen LogP contribution in [0.1, 0.15) is 20.8 Å². The number of hydrogen-bond acceptors (Lipinski definition) is 3. The Morgan fingerprint density at radius 2 is 2.13 bits per heavy atom. The first-order chi connectivity index (χ1) is 6.82. The molecule has 1 unspecified atom stereocenters. The van der Waals surface area contributed by atoms with Crippen LogP contribution in [-0.2, 0) is 14.7 Å². The fraction of sp³-hybridized carbons (Fsp3) is 0.889. The van der Waals surface area contributed by atoms with Crippen LogP contribution in [0.25, 0.3) is 0 Å². The third-order valence-corrected chi connectivity index (χ3v) is 2.69. The van der Waals surface area contributed by atoms with Gasteiger partial charge in [-0.2, -0.15) is 0 Å². The second-order valence-corrected chi connectivity index (χ2v) is 4.75. The first-order valence-electron chi connectivity index (χ1n) is 4.76. The summed E-state index contributed by atoms with van der Waals surface area (Å²) in [4.78, 5) is 11.0. The maximum absolute atomic E-state index is 11.9. The maximum atomic E-state index is 11.9. The molecule has 5 nitrogen and oxygen atoms in total. The van der Waals surface area contributed by atoms with E-state index in [-0.39, 0.29) is 18.3 Å². The van der Waals surface area contributed by atoms with Gasteiger partial charge in [-0.25, -0.2) is 0 Å². The van der Waals surface area contributed by atoms with E-state index in [0.717, 1.165) is 5.06 Å². The van der Waals surface area contributed by atoms with Crippen molar-refractivity contribution in [2.75, 3.05) is 19.0 Å². The number of halogens is 1. The molecular weight excluding hydrogens is 220 g/mol. The monoisotopic (exact) mass is 235 g/mol. The van der Waals surface area contributed by atoms with Crippen LogP contribution in [0.4, 0.5) is 0 Å². The van der Waals surface area contributed by atoms with E-state index in [1.54, 1.807) is 20.8 Å². The van der Waals surface area contributed by atoms with Gasteiger partial charge in [0.15, 0.2) is 5.72 Å². The van der Waals surface area contributed by atoms with E-state index in [0.29, 0.717) is 6.61 Å². The highest BCUT2D eigenvalue weighted by molar-refractivity contribution is 6.27. The number of hydrogen-bond donors (Lipinski definition) is 1. The van der Waals surface area contributed by atoms with Crippen LogP contribution in [0.15, 0.2) is 0 Å². The molecule has 0 spiro atoms. The molecule has 87 valence electrons. The third kappa shape index (κ3) is 2.60. The highest BCUT2D eigenvalue weighted by Gasteiger charge is 2.49. The Labute approximate surface area is 94.3 Å². The number of rotatable bonds is 3. The molecule has 0 aliphatic carbocycles. The minimum Gasteiger partial charge on any atom is -0.355 e. The molecular formula is C9H16ClN2O3. The lowest BCUT2D eigenvalue weighted by Crippen LogP contribution is -2.53. The fourth-order valence-corrected chi connectivity index (χ4v) is 1.62. The maximum Gasteiger partial charge on any atom is 0.235 e. The average molecular weight is 236 g/mol. The normalized spacial score (nSPS) is 30.5. The van der Waals surface area contributed by atoms with Gasteiger partial charge < -0.3 is 10.1 Å². The number of alkyl halides is 1. The molecule has 1 saturated heterocycles. The Morgan fingerprint density at radius 1 is 1.53 bits per heavy atom. The van der Waals surface area contributed by atoms with Gasteiger partial charge in [-0.1, -0.05) is 0 Å². The summed E-state index contributed by atoms with van der Waals surface area (Å²) < 4.78 is 5.42. The molecule has 1 atom stereocenters. The number of nitrogens with zero attached hydrogens (tertiary/aromatic N) is 1. The molecule has 1 heterocycles. The van der Waals surface area contributed by atoms with Crippen molar-refractivity contribution in [3.8, 4) is 0 Å². The predicted octanol–water partition coefficient (Wildman–Crippen LogP) is 0.514. The number of nitrogens with one attached hydrogen (secondary N) is 1. The molecule has 0 bridgehead atoms. The van der Waals surface area contributed by atoms with E-state index < -0.39 is 11.3 Å². The summed E-state index contributed by atoms with van der Waals surface area (Å²) in [6.07, 6.45) is 0. The molecule has 1 aliphatic heterocycles. The highest BCUT2D eigenvalue weighted by atomic mass is 35.5. The van der Waals surface area contributed by atoms with Gasteiger partial charge in [0.25, 0.3) is 0 Å². The fourth-order valence-electron chi connectivity index (χ4n) is 1.52. The molecule has 0 saturated carbocycles. The Balaban J connectivity index is 2.57. The largest absolute Gasteiger partial charge is 0.355 e. The zero-order valence-corrected chi connectivity index (χ0v) is 9.93. The summed E-state index contributed by atoms with van der Waals surface area (Å²) in [6.45, 7) is 5.75. The molecule has 0 aromatic heterocycles. The average Bonchev–Trinajstić information content (AvgIpc) is 2.40. The van der Waals surface area contributed by atoms with Gasteiger partial charge in [0.1, 0.15) is 5.88 Å². The van der Waals surface area contributed by atoms with Crippen molar-refractivity contribution in [3.05, 3.63) is 0 Å². The van der Waals surface area contributed by atoms with Gasteiger partial charge in [-0.05, 0) is 20.8 Å². The lowest BCUT2D eigenvalue weighted by atomic mass is 10.1. The Kier molecular flexibility index (Phi) is 3.60. The van der Waals surface area contributed by atoms with Gasteiger partial charge in [-0.3, -0.25) is 4.79 Å². The van der Waals surface area contributed by atoms with Crippen LogP contribution in [0, 0.1) is 0 Å². The highest BCUT2D eigenvalue weighted by Crippen LogP contribution is 2.32. The molecule has 1 amide bonds. The van der Waals surface area contributed by atoms with Crippen LogP contribution in [-0.4, -0.2) is 41.3 Å². The molecule has 1 aliphatic rings. The van der Waals surface area contributed by atoms with E-state index in [1.807, 2.05) is 0 Å². The van der Waals surface area contributed by atoms with Gasteiger partial charge in [0.05, 0.1) is 18.7 Å². The number of amides is 1. The molecule has 1 radical (unpaired) electrons. The topological polar surface area (TPSA) is 61.5 Å². The number of ether oxygens (including phenoxy) is 1. The van der Waals surface area contributed by atoms with Gasteiger partial charge in [0.2, 0.25) is 5.91 Å². The van der Waals surface area contributed by atoms with Crippen molar-refractivity contribution in [1.82, 2.24) is 10.4 Å². The second-order valence-electron chi connectivity index (χ2n) is 4.48. The zero-order chi connectivity index (χ0) is 11.7. The number of carbonyl (C=O) groups excluding carboxylic acids is 1. The van der Waals surface area contributed by atoms with Gasteiger partial charge >= 0.3 is 0 Å².